The number of nitrogens with one attached hydrogen (secondary N) is 2. The molecule has 2 aromatic rings. The van der Waals surface area contributed by atoms with Crippen molar-refractivity contribution in [3.63, 3.8) is 0 Å². The molecule has 0 saturated heterocycles. The molecule has 0 aromatic heterocycles. The van der Waals surface area contributed by atoms with Crippen LogP contribution in [0.1, 0.15) is 22.3 Å². The maximum atomic E-state index is 12.3. The zero-order chi connectivity index (χ0) is 21.2. The van der Waals surface area contributed by atoms with E-state index in [1.807, 2.05) is 24.3 Å². The number of rotatable bonds is 10. The van der Waals surface area contributed by atoms with Gasteiger partial charge in [-0.1, -0.05) is 23.7 Å². The van der Waals surface area contributed by atoms with Gasteiger partial charge in [0.15, 0.2) is 11.5 Å². The highest BCUT2D eigenvalue weighted by molar-refractivity contribution is 6.30. The molecule has 2 N–H and O–H groups in total. The molecule has 0 saturated carbocycles. The van der Waals surface area contributed by atoms with E-state index in [1.54, 1.807) is 0 Å². The van der Waals surface area contributed by atoms with Crippen molar-refractivity contribution in [3.05, 3.63) is 58.6 Å². The average Bonchev–Trinajstić information content (AvgIpc) is 2.70. The van der Waals surface area contributed by atoms with Crippen molar-refractivity contribution in [1.29, 1.82) is 0 Å². The van der Waals surface area contributed by atoms with Gasteiger partial charge in [0.2, 0.25) is 5.91 Å². The van der Waals surface area contributed by atoms with E-state index in [-0.39, 0.29) is 29.5 Å². The fourth-order valence-electron chi connectivity index (χ4n) is 2.50. The second-order valence-electron chi connectivity index (χ2n) is 6.01. The standard InChI is InChI=1S/C20H21ClF2N2O4/c1-28-17-11-14(6-9-16(17)29-20(22)23)19(27)25-12-18(26)24-10-2-3-13-4-7-15(21)8-5-13/h4-9,11,20H,2-3,10,12H2,1H3,(H,24,26)(H,25,27). The summed E-state index contributed by atoms with van der Waals surface area (Å²) in [5.41, 5.74) is 1.27. The summed E-state index contributed by atoms with van der Waals surface area (Å²) in [6.07, 6.45) is 1.53. The molecular formula is C20H21ClF2N2O4. The van der Waals surface area contributed by atoms with Gasteiger partial charge in [0.25, 0.3) is 5.91 Å². The van der Waals surface area contributed by atoms with Crippen LogP contribution in [0.4, 0.5) is 8.78 Å². The molecule has 0 bridgehead atoms. The van der Waals surface area contributed by atoms with Gasteiger partial charge in [-0.05, 0) is 48.7 Å². The van der Waals surface area contributed by atoms with E-state index >= 15 is 0 Å². The Morgan fingerprint density at radius 3 is 2.45 bits per heavy atom. The minimum absolute atomic E-state index is 0.00963. The van der Waals surface area contributed by atoms with E-state index in [9.17, 15) is 18.4 Å². The Hall–Kier alpha value is -2.87. The second-order valence-corrected chi connectivity index (χ2v) is 6.44. The van der Waals surface area contributed by atoms with Crippen LogP contribution in [0.2, 0.25) is 5.02 Å². The van der Waals surface area contributed by atoms with E-state index in [1.165, 1.54) is 25.3 Å². The van der Waals surface area contributed by atoms with Crippen molar-refractivity contribution < 1.29 is 27.8 Å². The highest BCUT2D eigenvalue weighted by Crippen LogP contribution is 2.29. The lowest BCUT2D eigenvalue weighted by molar-refractivity contribution is -0.120. The lowest BCUT2D eigenvalue weighted by atomic mass is 10.1. The van der Waals surface area contributed by atoms with Gasteiger partial charge in [-0.2, -0.15) is 8.78 Å². The molecule has 0 heterocycles. The maximum Gasteiger partial charge on any atom is 0.387 e. The quantitative estimate of drug-likeness (QED) is 0.571. The Morgan fingerprint density at radius 2 is 1.79 bits per heavy atom. The number of carbonyl (C=O) groups excluding carboxylic acids is 2. The van der Waals surface area contributed by atoms with Gasteiger partial charge in [-0.15, -0.1) is 0 Å². The number of carbonyl (C=O) groups is 2. The number of aryl methyl sites for hydroxylation is 1. The van der Waals surface area contributed by atoms with Crippen LogP contribution in [0.15, 0.2) is 42.5 Å². The van der Waals surface area contributed by atoms with Crippen molar-refractivity contribution in [2.45, 2.75) is 19.5 Å². The molecule has 9 heteroatoms. The van der Waals surface area contributed by atoms with Crippen LogP contribution < -0.4 is 20.1 Å². The van der Waals surface area contributed by atoms with E-state index < -0.39 is 12.5 Å². The molecule has 0 spiro atoms. The molecular weight excluding hydrogens is 406 g/mol. The van der Waals surface area contributed by atoms with Gasteiger partial charge in [0, 0.05) is 17.1 Å². The maximum absolute atomic E-state index is 12.3. The fraction of sp³-hybridized carbons (Fsp3) is 0.300. The first-order valence-corrected chi connectivity index (χ1v) is 9.19. The summed E-state index contributed by atoms with van der Waals surface area (Å²) in [5, 5.41) is 5.85. The van der Waals surface area contributed by atoms with Crippen molar-refractivity contribution in [2.75, 3.05) is 20.2 Å². The fourth-order valence-corrected chi connectivity index (χ4v) is 2.62. The van der Waals surface area contributed by atoms with Crippen molar-refractivity contribution in [3.8, 4) is 11.5 Å². The number of amides is 2. The number of ether oxygens (including phenoxy) is 2. The third-order valence-corrected chi connectivity index (χ3v) is 4.18. The smallest absolute Gasteiger partial charge is 0.387 e. The molecule has 0 aliphatic heterocycles. The summed E-state index contributed by atoms with van der Waals surface area (Å²) in [4.78, 5) is 24.0. The Morgan fingerprint density at radius 1 is 1.07 bits per heavy atom. The highest BCUT2D eigenvalue weighted by Gasteiger charge is 2.14. The Labute approximate surface area is 172 Å². The van der Waals surface area contributed by atoms with Crippen LogP contribution in [0.3, 0.4) is 0 Å². The van der Waals surface area contributed by atoms with Gasteiger partial charge in [0.1, 0.15) is 0 Å². The van der Waals surface area contributed by atoms with Gasteiger partial charge in [0.05, 0.1) is 13.7 Å². The number of hydrogen-bond acceptors (Lipinski definition) is 4. The summed E-state index contributed by atoms with van der Waals surface area (Å²) in [6.45, 7) is -2.76. The molecule has 156 valence electrons. The lowest BCUT2D eigenvalue weighted by Gasteiger charge is -2.11. The largest absolute Gasteiger partial charge is 0.493 e. The molecule has 0 aliphatic carbocycles. The molecule has 0 fully saturated rings. The minimum Gasteiger partial charge on any atom is -0.493 e. The molecule has 0 aliphatic rings. The van der Waals surface area contributed by atoms with Gasteiger partial charge < -0.3 is 20.1 Å². The zero-order valence-electron chi connectivity index (χ0n) is 15.7. The van der Waals surface area contributed by atoms with Crippen molar-refractivity contribution in [1.82, 2.24) is 10.6 Å². The van der Waals surface area contributed by atoms with Gasteiger partial charge >= 0.3 is 6.61 Å². The van der Waals surface area contributed by atoms with Crippen LogP contribution >= 0.6 is 11.6 Å². The van der Waals surface area contributed by atoms with Crippen LogP contribution in [-0.4, -0.2) is 38.6 Å². The first-order chi connectivity index (χ1) is 13.9. The highest BCUT2D eigenvalue weighted by atomic mass is 35.5. The lowest BCUT2D eigenvalue weighted by Crippen LogP contribution is -2.37. The summed E-state index contributed by atoms with van der Waals surface area (Å²) in [5.74, 6) is -1.07. The number of halogens is 3. The Kier molecular flexibility index (Phi) is 8.67. The van der Waals surface area contributed by atoms with Crippen LogP contribution in [0.5, 0.6) is 11.5 Å². The van der Waals surface area contributed by atoms with Crippen LogP contribution in [-0.2, 0) is 11.2 Å². The van der Waals surface area contributed by atoms with E-state index in [2.05, 4.69) is 15.4 Å². The molecule has 0 unspecified atom stereocenters. The van der Waals surface area contributed by atoms with Crippen LogP contribution in [0.25, 0.3) is 0 Å². The number of benzene rings is 2. The first kappa shape index (κ1) is 22.4. The number of methoxy groups -OCH3 is 1. The molecule has 2 amide bonds. The first-order valence-electron chi connectivity index (χ1n) is 8.81. The van der Waals surface area contributed by atoms with Crippen LogP contribution in [0, 0.1) is 0 Å². The van der Waals surface area contributed by atoms with Crippen molar-refractivity contribution in [2.24, 2.45) is 0 Å². The summed E-state index contributed by atoms with van der Waals surface area (Å²) in [6, 6.07) is 11.2. The third kappa shape index (κ3) is 7.57. The van der Waals surface area contributed by atoms with E-state index in [0.29, 0.717) is 11.6 Å². The predicted octanol–water partition coefficient (Wildman–Crippen LogP) is 3.43. The molecule has 6 nitrogen and oxygen atoms in total. The molecule has 2 aromatic carbocycles. The Bertz CT molecular complexity index is 832. The Balaban J connectivity index is 1.75. The number of alkyl halides is 2. The van der Waals surface area contributed by atoms with E-state index in [4.69, 9.17) is 16.3 Å². The summed E-state index contributed by atoms with van der Waals surface area (Å²) in [7, 11) is 1.27. The number of hydrogen-bond donors (Lipinski definition) is 2. The molecule has 2 rings (SSSR count). The molecule has 0 atom stereocenters. The topological polar surface area (TPSA) is 76.7 Å². The normalized spacial score (nSPS) is 10.5. The predicted molar refractivity (Wildman–Crippen MR) is 105 cm³/mol. The summed E-state index contributed by atoms with van der Waals surface area (Å²) >= 11 is 5.83. The second kappa shape index (κ2) is 11.2. The SMILES string of the molecule is COc1cc(C(=O)NCC(=O)NCCCc2ccc(Cl)cc2)ccc1OC(F)F. The van der Waals surface area contributed by atoms with Gasteiger partial charge in [-0.3, -0.25) is 9.59 Å². The monoisotopic (exact) mass is 426 g/mol. The minimum atomic E-state index is -3.01. The zero-order valence-corrected chi connectivity index (χ0v) is 16.5. The van der Waals surface area contributed by atoms with E-state index in [0.717, 1.165) is 18.4 Å². The molecule has 0 radical (unpaired) electrons. The summed E-state index contributed by atoms with van der Waals surface area (Å²) < 4.78 is 33.9. The average molecular weight is 427 g/mol. The van der Waals surface area contributed by atoms with Crippen molar-refractivity contribution >= 4 is 23.4 Å². The third-order valence-electron chi connectivity index (χ3n) is 3.93. The van der Waals surface area contributed by atoms with Gasteiger partial charge in [-0.25, -0.2) is 0 Å². The molecule has 29 heavy (non-hydrogen) atoms.